The van der Waals surface area contributed by atoms with Crippen LogP contribution in [0.1, 0.15) is 37.0 Å². The highest BCUT2D eigenvalue weighted by Crippen LogP contribution is 2.29. The van der Waals surface area contributed by atoms with Crippen LogP contribution in [0.5, 0.6) is 0 Å². The van der Waals surface area contributed by atoms with Gasteiger partial charge in [-0.2, -0.15) is 11.8 Å². The molecule has 1 aromatic carbocycles. The number of hydrogen-bond acceptors (Lipinski definition) is 3. The molecule has 0 fully saturated rings. The van der Waals surface area contributed by atoms with Gasteiger partial charge in [0, 0.05) is 18.3 Å². The largest absolute Gasteiger partial charge is 0.385 e. The Bertz CT molecular complexity index is 453. The lowest BCUT2D eigenvalue weighted by molar-refractivity contribution is 0.0949. The molecule has 0 saturated carbocycles. The molecule has 1 amide bonds. The van der Waals surface area contributed by atoms with E-state index in [0.717, 1.165) is 12.8 Å². The SMILES string of the molecule is CCC(CC)(CNC(=O)c1cccc(F)c1NC)SC. The molecular formula is C15H23FN2OS. The molecule has 0 atom stereocenters. The summed E-state index contributed by atoms with van der Waals surface area (Å²) in [6.45, 7) is 4.82. The number of benzene rings is 1. The Morgan fingerprint density at radius 2 is 2.00 bits per heavy atom. The topological polar surface area (TPSA) is 41.1 Å². The first-order chi connectivity index (χ1) is 9.53. The minimum absolute atomic E-state index is 0.0444. The first-order valence-electron chi connectivity index (χ1n) is 6.83. The molecule has 0 heterocycles. The van der Waals surface area contributed by atoms with Crippen molar-refractivity contribution in [1.29, 1.82) is 0 Å². The van der Waals surface area contributed by atoms with Crippen LogP contribution >= 0.6 is 11.8 Å². The van der Waals surface area contributed by atoms with Crippen molar-refractivity contribution in [2.45, 2.75) is 31.4 Å². The predicted octanol–water partition coefficient (Wildman–Crippen LogP) is 3.52. The minimum Gasteiger partial charge on any atom is -0.385 e. The molecule has 0 unspecified atom stereocenters. The van der Waals surface area contributed by atoms with Crippen LogP contribution in [0.3, 0.4) is 0 Å². The number of nitrogens with one attached hydrogen (secondary N) is 2. The van der Waals surface area contributed by atoms with Crippen molar-refractivity contribution in [3.63, 3.8) is 0 Å². The van der Waals surface area contributed by atoms with Crippen LogP contribution in [0, 0.1) is 5.82 Å². The van der Waals surface area contributed by atoms with Gasteiger partial charge in [-0.05, 0) is 31.2 Å². The first-order valence-corrected chi connectivity index (χ1v) is 8.05. The van der Waals surface area contributed by atoms with Gasteiger partial charge in [-0.25, -0.2) is 4.39 Å². The predicted molar refractivity (Wildman–Crippen MR) is 85.1 cm³/mol. The monoisotopic (exact) mass is 298 g/mol. The number of para-hydroxylation sites is 1. The maximum atomic E-state index is 13.6. The molecule has 5 heteroatoms. The zero-order valence-corrected chi connectivity index (χ0v) is 13.4. The number of halogens is 1. The fraction of sp³-hybridized carbons (Fsp3) is 0.533. The van der Waals surface area contributed by atoms with Gasteiger partial charge < -0.3 is 10.6 Å². The number of carbonyl (C=O) groups is 1. The van der Waals surface area contributed by atoms with Gasteiger partial charge in [0.2, 0.25) is 0 Å². The maximum absolute atomic E-state index is 13.6. The average molecular weight is 298 g/mol. The quantitative estimate of drug-likeness (QED) is 0.809. The Hall–Kier alpha value is -1.23. The summed E-state index contributed by atoms with van der Waals surface area (Å²) >= 11 is 1.76. The lowest BCUT2D eigenvalue weighted by Gasteiger charge is -2.29. The zero-order valence-electron chi connectivity index (χ0n) is 12.5. The van der Waals surface area contributed by atoms with E-state index in [-0.39, 0.29) is 16.3 Å². The third-order valence-corrected chi connectivity index (χ3v) is 5.39. The second-order valence-electron chi connectivity index (χ2n) is 4.69. The summed E-state index contributed by atoms with van der Waals surface area (Å²) in [4.78, 5) is 12.2. The highest BCUT2D eigenvalue weighted by Gasteiger charge is 2.26. The van der Waals surface area contributed by atoms with Crippen LogP contribution in [0.25, 0.3) is 0 Å². The van der Waals surface area contributed by atoms with Crippen LogP contribution in [-0.2, 0) is 0 Å². The molecule has 0 bridgehead atoms. The number of rotatable bonds is 7. The summed E-state index contributed by atoms with van der Waals surface area (Å²) in [5.41, 5.74) is 0.586. The van der Waals surface area contributed by atoms with E-state index in [2.05, 4.69) is 30.7 Å². The molecule has 0 aliphatic heterocycles. The van der Waals surface area contributed by atoms with Gasteiger partial charge in [0.05, 0.1) is 11.3 Å². The third kappa shape index (κ3) is 3.66. The molecule has 0 aliphatic rings. The minimum atomic E-state index is -0.415. The molecule has 0 aromatic heterocycles. The second kappa shape index (κ2) is 7.53. The van der Waals surface area contributed by atoms with E-state index in [4.69, 9.17) is 0 Å². The molecular weight excluding hydrogens is 275 g/mol. The summed E-state index contributed by atoms with van der Waals surface area (Å²) in [7, 11) is 1.61. The second-order valence-corrected chi connectivity index (χ2v) is 5.96. The molecule has 20 heavy (non-hydrogen) atoms. The van der Waals surface area contributed by atoms with E-state index in [0.29, 0.717) is 12.1 Å². The molecule has 0 radical (unpaired) electrons. The van der Waals surface area contributed by atoms with E-state index in [9.17, 15) is 9.18 Å². The van der Waals surface area contributed by atoms with Crippen molar-refractivity contribution in [2.75, 3.05) is 25.2 Å². The highest BCUT2D eigenvalue weighted by atomic mass is 32.2. The number of thioether (sulfide) groups is 1. The van der Waals surface area contributed by atoms with Crippen LogP contribution in [0.4, 0.5) is 10.1 Å². The van der Waals surface area contributed by atoms with Crippen molar-refractivity contribution in [1.82, 2.24) is 5.32 Å². The number of hydrogen-bond donors (Lipinski definition) is 2. The molecule has 0 spiro atoms. The fourth-order valence-corrected chi connectivity index (χ4v) is 2.96. The van der Waals surface area contributed by atoms with E-state index in [1.54, 1.807) is 30.9 Å². The smallest absolute Gasteiger partial charge is 0.253 e. The van der Waals surface area contributed by atoms with Crippen molar-refractivity contribution in [3.8, 4) is 0 Å². The van der Waals surface area contributed by atoms with E-state index >= 15 is 0 Å². The van der Waals surface area contributed by atoms with E-state index in [1.165, 1.54) is 6.07 Å². The van der Waals surface area contributed by atoms with Gasteiger partial charge >= 0.3 is 0 Å². The van der Waals surface area contributed by atoms with Crippen molar-refractivity contribution < 1.29 is 9.18 Å². The zero-order chi connectivity index (χ0) is 15.2. The van der Waals surface area contributed by atoms with Gasteiger partial charge in [0.15, 0.2) is 0 Å². The standard InChI is InChI=1S/C15H23FN2OS/c1-5-15(6-2,20-4)10-18-14(19)11-8-7-9-12(16)13(11)17-3/h7-9,17H,5-6,10H2,1-4H3,(H,18,19). The van der Waals surface area contributed by atoms with Crippen molar-refractivity contribution in [2.24, 2.45) is 0 Å². The third-order valence-electron chi connectivity index (χ3n) is 3.80. The van der Waals surface area contributed by atoms with Crippen molar-refractivity contribution in [3.05, 3.63) is 29.6 Å². The fourth-order valence-electron chi connectivity index (χ4n) is 2.16. The number of carbonyl (C=O) groups excluding carboxylic acids is 1. The maximum Gasteiger partial charge on any atom is 0.253 e. The summed E-state index contributed by atoms with van der Waals surface area (Å²) < 4.78 is 13.7. The normalized spacial score (nSPS) is 11.2. The van der Waals surface area contributed by atoms with Gasteiger partial charge in [0.25, 0.3) is 5.91 Å². The lowest BCUT2D eigenvalue weighted by atomic mass is 10.0. The Morgan fingerprint density at radius 3 is 2.50 bits per heavy atom. The summed E-state index contributed by atoms with van der Waals surface area (Å²) in [5, 5.41) is 5.67. The highest BCUT2D eigenvalue weighted by molar-refractivity contribution is 8.00. The summed E-state index contributed by atoms with van der Waals surface area (Å²) in [6, 6.07) is 4.52. The molecule has 2 N–H and O–H groups in total. The van der Waals surface area contributed by atoms with Crippen LogP contribution in [-0.4, -0.2) is 30.5 Å². The Labute approximate surface area is 124 Å². The van der Waals surface area contributed by atoms with Crippen LogP contribution < -0.4 is 10.6 Å². The number of amides is 1. The summed E-state index contributed by atoms with van der Waals surface area (Å²) in [5.74, 6) is -0.656. The lowest BCUT2D eigenvalue weighted by Crippen LogP contribution is -2.39. The van der Waals surface area contributed by atoms with Crippen LogP contribution in [0.2, 0.25) is 0 Å². The molecule has 3 nitrogen and oxygen atoms in total. The van der Waals surface area contributed by atoms with Crippen molar-refractivity contribution >= 4 is 23.4 Å². The van der Waals surface area contributed by atoms with Gasteiger partial charge in [-0.1, -0.05) is 19.9 Å². The Balaban J connectivity index is 2.85. The Morgan fingerprint density at radius 1 is 1.35 bits per heavy atom. The first kappa shape index (κ1) is 16.8. The summed E-state index contributed by atoms with van der Waals surface area (Å²) in [6.07, 6.45) is 4.01. The molecule has 0 aliphatic carbocycles. The van der Waals surface area contributed by atoms with Gasteiger partial charge in [0.1, 0.15) is 5.82 Å². The molecule has 0 saturated heterocycles. The van der Waals surface area contributed by atoms with Crippen LogP contribution in [0.15, 0.2) is 18.2 Å². The van der Waals surface area contributed by atoms with Gasteiger partial charge in [-0.3, -0.25) is 4.79 Å². The number of anilines is 1. The average Bonchev–Trinajstić information content (AvgIpc) is 2.48. The molecule has 112 valence electrons. The van der Waals surface area contributed by atoms with Gasteiger partial charge in [-0.15, -0.1) is 0 Å². The Kier molecular flexibility index (Phi) is 6.33. The molecule has 1 rings (SSSR count). The van der Waals surface area contributed by atoms with E-state index < -0.39 is 5.82 Å². The van der Waals surface area contributed by atoms with E-state index in [1.807, 2.05) is 0 Å². The molecule has 1 aromatic rings.